The van der Waals surface area contributed by atoms with Gasteiger partial charge in [0.15, 0.2) is 0 Å². The second kappa shape index (κ2) is 3.69. The van der Waals surface area contributed by atoms with E-state index in [9.17, 15) is 9.90 Å². The number of benzene rings is 1. The highest BCUT2D eigenvalue weighted by Gasteiger charge is 2.08. The first kappa shape index (κ1) is 10.2. The molecular formula is C11H10N2O3. The summed E-state index contributed by atoms with van der Waals surface area (Å²) < 4.78 is 1.35. The maximum absolute atomic E-state index is 10.6. The molecule has 0 unspecified atom stereocenters. The van der Waals surface area contributed by atoms with Crippen LogP contribution in [-0.2, 0) is 0 Å². The summed E-state index contributed by atoms with van der Waals surface area (Å²) in [5.74, 6) is -0.921. The fraction of sp³-hybridized carbons (Fsp3) is 0.0909. The van der Waals surface area contributed by atoms with E-state index < -0.39 is 5.97 Å². The van der Waals surface area contributed by atoms with Gasteiger partial charge in [-0.15, -0.1) is 0 Å². The minimum atomic E-state index is -0.979. The van der Waals surface area contributed by atoms with E-state index in [4.69, 9.17) is 5.11 Å². The molecule has 1 aromatic heterocycles. The van der Waals surface area contributed by atoms with E-state index in [-0.39, 0.29) is 11.4 Å². The van der Waals surface area contributed by atoms with Gasteiger partial charge >= 0.3 is 5.97 Å². The van der Waals surface area contributed by atoms with Crippen LogP contribution in [0.5, 0.6) is 5.88 Å². The summed E-state index contributed by atoms with van der Waals surface area (Å²) in [5.41, 5.74) is 1.49. The summed E-state index contributed by atoms with van der Waals surface area (Å²) in [4.78, 5) is 10.6. The zero-order chi connectivity index (χ0) is 11.7. The number of rotatable bonds is 2. The first-order valence-corrected chi connectivity index (χ1v) is 4.67. The molecule has 0 bridgehead atoms. The summed E-state index contributed by atoms with van der Waals surface area (Å²) in [6.45, 7) is 1.74. The lowest BCUT2D eigenvalue weighted by Gasteiger charge is -2.03. The van der Waals surface area contributed by atoms with Gasteiger partial charge in [-0.25, -0.2) is 9.48 Å². The van der Waals surface area contributed by atoms with Gasteiger partial charge in [0.25, 0.3) is 0 Å². The quantitative estimate of drug-likeness (QED) is 0.802. The SMILES string of the molecule is Cc1cnn(-c2ccc(C(=O)O)cc2)c1O. The summed E-state index contributed by atoms with van der Waals surface area (Å²) in [7, 11) is 0. The molecule has 0 amide bonds. The molecule has 0 atom stereocenters. The second-order valence-corrected chi connectivity index (χ2v) is 3.42. The number of carboxylic acid groups (broad SMARTS) is 1. The smallest absolute Gasteiger partial charge is 0.335 e. The van der Waals surface area contributed by atoms with Crippen LogP contribution in [0.3, 0.4) is 0 Å². The van der Waals surface area contributed by atoms with Gasteiger partial charge in [0.05, 0.1) is 17.4 Å². The van der Waals surface area contributed by atoms with Crippen molar-refractivity contribution in [1.82, 2.24) is 9.78 Å². The lowest BCUT2D eigenvalue weighted by atomic mass is 10.2. The van der Waals surface area contributed by atoms with E-state index in [0.717, 1.165) is 0 Å². The summed E-state index contributed by atoms with van der Waals surface area (Å²) >= 11 is 0. The number of nitrogens with zero attached hydrogens (tertiary/aromatic N) is 2. The molecule has 0 saturated carbocycles. The lowest BCUT2D eigenvalue weighted by molar-refractivity contribution is 0.0697. The highest BCUT2D eigenvalue weighted by atomic mass is 16.4. The van der Waals surface area contributed by atoms with E-state index >= 15 is 0 Å². The Balaban J connectivity index is 2.42. The van der Waals surface area contributed by atoms with Crippen LogP contribution in [0, 0.1) is 6.92 Å². The Labute approximate surface area is 91.6 Å². The Morgan fingerprint density at radius 2 is 1.94 bits per heavy atom. The van der Waals surface area contributed by atoms with Gasteiger partial charge in [0.2, 0.25) is 5.88 Å². The zero-order valence-electron chi connectivity index (χ0n) is 8.58. The lowest BCUT2D eigenvalue weighted by Crippen LogP contribution is -1.99. The molecule has 16 heavy (non-hydrogen) atoms. The minimum Gasteiger partial charge on any atom is -0.493 e. The van der Waals surface area contributed by atoms with Crippen LogP contribution < -0.4 is 0 Å². The van der Waals surface area contributed by atoms with E-state index in [1.807, 2.05) is 0 Å². The van der Waals surface area contributed by atoms with Crippen LogP contribution in [0.2, 0.25) is 0 Å². The third-order valence-corrected chi connectivity index (χ3v) is 2.28. The maximum Gasteiger partial charge on any atom is 0.335 e. The van der Waals surface area contributed by atoms with Gasteiger partial charge in [-0.3, -0.25) is 0 Å². The van der Waals surface area contributed by atoms with Crippen molar-refractivity contribution in [2.75, 3.05) is 0 Å². The number of carbonyl (C=O) groups is 1. The number of aromatic hydroxyl groups is 1. The van der Waals surface area contributed by atoms with Crippen molar-refractivity contribution >= 4 is 5.97 Å². The van der Waals surface area contributed by atoms with Crippen LogP contribution in [0.25, 0.3) is 5.69 Å². The number of carboxylic acids is 1. The molecule has 0 saturated heterocycles. The monoisotopic (exact) mass is 218 g/mol. The van der Waals surface area contributed by atoms with Gasteiger partial charge in [-0.2, -0.15) is 5.10 Å². The molecule has 2 N–H and O–H groups in total. The fourth-order valence-corrected chi connectivity index (χ4v) is 1.36. The molecule has 5 nitrogen and oxygen atoms in total. The third kappa shape index (κ3) is 1.63. The van der Waals surface area contributed by atoms with Crippen molar-refractivity contribution in [2.45, 2.75) is 6.92 Å². The van der Waals surface area contributed by atoms with Crippen LogP contribution >= 0.6 is 0 Å². The van der Waals surface area contributed by atoms with Gasteiger partial charge in [0, 0.05) is 5.56 Å². The van der Waals surface area contributed by atoms with Crippen LogP contribution in [0.1, 0.15) is 15.9 Å². The Bertz CT molecular complexity index is 529. The fourth-order valence-electron chi connectivity index (χ4n) is 1.36. The summed E-state index contributed by atoms with van der Waals surface area (Å²) in [6.07, 6.45) is 1.54. The number of hydrogen-bond acceptors (Lipinski definition) is 3. The predicted molar refractivity (Wildman–Crippen MR) is 56.9 cm³/mol. The number of aromatic nitrogens is 2. The number of aryl methyl sites for hydroxylation is 1. The molecule has 0 aliphatic heterocycles. The second-order valence-electron chi connectivity index (χ2n) is 3.42. The molecule has 2 rings (SSSR count). The van der Waals surface area contributed by atoms with Gasteiger partial charge < -0.3 is 10.2 Å². The van der Waals surface area contributed by atoms with Crippen molar-refractivity contribution in [3.8, 4) is 11.6 Å². The molecule has 0 aliphatic rings. The van der Waals surface area contributed by atoms with Crippen molar-refractivity contribution in [2.24, 2.45) is 0 Å². The molecule has 0 fully saturated rings. The molecule has 1 aromatic carbocycles. The summed E-state index contributed by atoms with van der Waals surface area (Å²) in [6, 6.07) is 6.12. The van der Waals surface area contributed by atoms with Crippen LogP contribution in [0.15, 0.2) is 30.5 Å². The zero-order valence-corrected chi connectivity index (χ0v) is 8.58. The number of aromatic carboxylic acids is 1. The van der Waals surface area contributed by atoms with E-state index in [0.29, 0.717) is 11.3 Å². The van der Waals surface area contributed by atoms with Crippen LogP contribution in [-0.4, -0.2) is 26.0 Å². The Hall–Kier alpha value is -2.30. The maximum atomic E-state index is 10.6. The normalized spacial score (nSPS) is 10.3. The van der Waals surface area contributed by atoms with E-state index in [1.54, 1.807) is 25.3 Å². The molecule has 0 radical (unpaired) electrons. The third-order valence-electron chi connectivity index (χ3n) is 2.28. The summed E-state index contributed by atoms with van der Waals surface area (Å²) in [5, 5.41) is 22.4. The molecule has 0 aliphatic carbocycles. The average molecular weight is 218 g/mol. The van der Waals surface area contributed by atoms with Gasteiger partial charge in [-0.05, 0) is 31.2 Å². The minimum absolute atomic E-state index is 0.0584. The Morgan fingerprint density at radius 1 is 1.31 bits per heavy atom. The van der Waals surface area contributed by atoms with Crippen molar-refractivity contribution in [1.29, 1.82) is 0 Å². The van der Waals surface area contributed by atoms with Crippen molar-refractivity contribution in [3.05, 3.63) is 41.6 Å². The molecule has 1 heterocycles. The molecule has 5 heteroatoms. The molecule has 2 aromatic rings. The highest BCUT2D eigenvalue weighted by Crippen LogP contribution is 2.20. The predicted octanol–water partition coefficient (Wildman–Crippen LogP) is 1.58. The largest absolute Gasteiger partial charge is 0.493 e. The first-order chi connectivity index (χ1) is 7.59. The van der Waals surface area contributed by atoms with Crippen molar-refractivity contribution in [3.63, 3.8) is 0 Å². The molecular weight excluding hydrogens is 208 g/mol. The van der Waals surface area contributed by atoms with Gasteiger partial charge in [0.1, 0.15) is 0 Å². The topological polar surface area (TPSA) is 75.4 Å². The van der Waals surface area contributed by atoms with Gasteiger partial charge in [-0.1, -0.05) is 0 Å². The molecule has 0 spiro atoms. The molecule has 82 valence electrons. The van der Waals surface area contributed by atoms with E-state index in [2.05, 4.69) is 5.10 Å². The van der Waals surface area contributed by atoms with Crippen LogP contribution in [0.4, 0.5) is 0 Å². The number of hydrogen-bond donors (Lipinski definition) is 2. The Morgan fingerprint density at radius 3 is 2.38 bits per heavy atom. The standard InChI is InChI=1S/C11H10N2O3/c1-7-6-12-13(10(7)14)9-4-2-8(3-5-9)11(15)16/h2-6,14H,1H3,(H,15,16). The first-order valence-electron chi connectivity index (χ1n) is 4.67. The van der Waals surface area contributed by atoms with E-state index in [1.165, 1.54) is 16.8 Å². The highest BCUT2D eigenvalue weighted by molar-refractivity contribution is 5.87. The average Bonchev–Trinajstić information content (AvgIpc) is 2.60. The Kier molecular flexibility index (Phi) is 2.36. The van der Waals surface area contributed by atoms with Crippen molar-refractivity contribution < 1.29 is 15.0 Å².